The van der Waals surface area contributed by atoms with Crippen LogP contribution in [0.25, 0.3) is 11.4 Å². The normalized spacial score (nSPS) is 10.5. The van der Waals surface area contributed by atoms with Gasteiger partial charge in [-0.15, -0.1) is 0 Å². The lowest BCUT2D eigenvalue weighted by molar-refractivity contribution is 0.0953. The summed E-state index contributed by atoms with van der Waals surface area (Å²) in [5.74, 6) is 0.362. The first-order valence-corrected chi connectivity index (χ1v) is 8.49. The van der Waals surface area contributed by atoms with E-state index in [4.69, 9.17) is 23.2 Å². The molecule has 0 aliphatic carbocycles. The number of benzene rings is 2. The molecule has 6 heteroatoms. The van der Waals surface area contributed by atoms with E-state index in [0.717, 1.165) is 11.1 Å². The molecule has 2 aromatic carbocycles. The number of carbonyl (C=O) groups excluding carboxylic acids is 1. The van der Waals surface area contributed by atoms with Crippen LogP contribution in [0.5, 0.6) is 0 Å². The van der Waals surface area contributed by atoms with Gasteiger partial charge >= 0.3 is 0 Å². The minimum atomic E-state index is -0.224. The first-order valence-electron chi connectivity index (χ1n) is 7.73. The summed E-state index contributed by atoms with van der Waals surface area (Å²) in [5.41, 5.74) is 2.21. The standard InChI is InChI=1S/C19H15Cl2N3O/c20-16-8-4-7-13(17(16)21)9-10-22-19(25)15-11-23-18(24-12-15)14-5-2-1-3-6-14/h1-8,11-12H,9-10H2,(H,22,25). The van der Waals surface area contributed by atoms with Gasteiger partial charge in [-0.3, -0.25) is 4.79 Å². The average Bonchev–Trinajstić information content (AvgIpc) is 2.66. The van der Waals surface area contributed by atoms with Gasteiger partial charge in [0.15, 0.2) is 5.82 Å². The van der Waals surface area contributed by atoms with Crippen molar-refractivity contribution < 1.29 is 4.79 Å². The van der Waals surface area contributed by atoms with E-state index in [9.17, 15) is 4.79 Å². The van der Waals surface area contributed by atoms with Gasteiger partial charge in [0.05, 0.1) is 15.6 Å². The van der Waals surface area contributed by atoms with Gasteiger partial charge in [-0.2, -0.15) is 0 Å². The van der Waals surface area contributed by atoms with Crippen LogP contribution in [0.4, 0.5) is 0 Å². The second kappa shape index (κ2) is 8.10. The Morgan fingerprint density at radius 2 is 1.68 bits per heavy atom. The predicted octanol–water partition coefficient (Wildman–Crippen LogP) is 4.42. The molecule has 0 unspecified atom stereocenters. The summed E-state index contributed by atoms with van der Waals surface area (Å²) in [5, 5.41) is 3.86. The molecule has 0 spiro atoms. The molecule has 0 aliphatic rings. The van der Waals surface area contributed by atoms with E-state index in [-0.39, 0.29) is 5.91 Å². The Labute approximate surface area is 155 Å². The summed E-state index contributed by atoms with van der Waals surface area (Å²) in [6.45, 7) is 0.444. The molecule has 1 aromatic heterocycles. The van der Waals surface area contributed by atoms with E-state index < -0.39 is 0 Å². The largest absolute Gasteiger partial charge is 0.352 e. The lowest BCUT2D eigenvalue weighted by Crippen LogP contribution is -2.26. The van der Waals surface area contributed by atoms with Crippen LogP contribution in [-0.4, -0.2) is 22.4 Å². The zero-order valence-electron chi connectivity index (χ0n) is 13.2. The van der Waals surface area contributed by atoms with Gasteiger partial charge < -0.3 is 5.32 Å². The monoisotopic (exact) mass is 371 g/mol. The van der Waals surface area contributed by atoms with Crippen LogP contribution in [0.15, 0.2) is 60.9 Å². The second-order valence-corrected chi connectivity index (χ2v) is 6.17. The number of hydrogen-bond acceptors (Lipinski definition) is 3. The quantitative estimate of drug-likeness (QED) is 0.721. The number of amides is 1. The number of nitrogens with one attached hydrogen (secondary N) is 1. The minimum Gasteiger partial charge on any atom is -0.352 e. The first-order chi connectivity index (χ1) is 12.1. The minimum absolute atomic E-state index is 0.224. The number of carbonyl (C=O) groups is 1. The predicted molar refractivity (Wildman–Crippen MR) is 100.0 cm³/mol. The number of halogens is 2. The Kier molecular flexibility index (Phi) is 5.64. The Morgan fingerprint density at radius 1 is 0.960 bits per heavy atom. The fourth-order valence-corrected chi connectivity index (χ4v) is 2.75. The number of rotatable bonds is 5. The SMILES string of the molecule is O=C(NCCc1cccc(Cl)c1Cl)c1cnc(-c2ccccc2)nc1. The third kappa shape index (κ3) is 4.35. The molecule has 0 atom stereocenters. The molecule has 0 fully saturated rings. The molecule has 0 aliphatic heterocycles. The van der Waals surface area contributed by atoms with E-state index in [1.807, 2.05) is 42.5 Å². The van der Waals surface area contributed by atoms with Crippen LogP contribution in [0.2, 0.25) is 10.0 Å². The van der Waals surface area contributed by atoms with Crippen LogP contribution in [0.3, 0.4) is 0 Å². The van der Waals surface area contributed by atoms with E-state index in [2.05, 4.69) is 15.3 Å². The number of hydrogen-bond donors (Lipinski definition) is 1. The molecular formula is C19H15Cl2N3O. The maximum Gasteiger partial charge on any atom is 0.254 e. The van der Waals surface area contributed by atoms with Gasteiger partial charge in [0.1, 0.15) is 0 Å². The van der Waals surface area contributed by atoms with Crippen LogP contribution in [-0.2, 0) is 6.42 Å². The molecule has 0 saturated heterocycles. The van der Waals surface area contributed by atoms with Crippen LogP contribution in [0, 0.1) is 0 Å². The fourth-order valence-electron chi connectivity index (χ4n) is 2.34. The van der Waals surface area contributed by atoms with Gasteiger partial charge in [-0.25, -0.2) is 9.97 Å². The molecule has 1 amide bonds. The van der Waals surface area contributed by atoms with E-state index >= 15 is 0 Å². The number of aromatic nitrogens is 2. The maximum atomic E-state index is 12.2. The summed E-state index contributed by atoms with van der Waals surface area (Å²) in [4.78, 5) is 20.7. The highest BCUT2D eigenvalue weighted by Crippen LogP contribution is 2.25. The average molecular weight is 372 g/mol. The van der Waals surface area contributed by atoms with E-state index in [1.54, 1.807) is 6.07 Å². The molecule has 3 rings (SSSR count). The van der Waals surface area contributed by atoms with E-state index in [1.165, 1.54) is 12.4 Å². The Morgan fingerprint density at radius 3 is 2.40 bits per heavy atom. The van der Waals surface area contributed by atoms with Gasteiger partial charge in [-0.05, 0) is 18.1 Å². The van der Waals surface area contributed by atoms with Crippen molar-refractivity contribution in [2.75, 3.05) is 6.54 Å². The summed E-state index contributed by atoms with van der Waals surface area (Å²) in [6.07, 6.45) is 3.64. The van der Waals surface area contributed by atoms with Crippen molar-refractivity contribution in [3.05, 3.63) is 82.1 Å². The second-order valence-electron chi connectivity index (χ2n) is 5.38. The Bertz CT molecular complexity index is 868. The van der Waals surface area contributed by atoms with Crippen molar-refractivity contribution in [2.24, 2.45) is 0 Å². The van der Waals surface area contributed by atoms with Crippen molar-refractivity contribution in [3.8, 4) is 11.4 Å². The summed E-state index contributed by atoms with van der Waals surface area (Å²) in [7, 11) is 0. The molecule has 4 nitrogen and oxygen atoms in total. The van der Waals surface area contributed by atoms with Crippen molar-refractivity contribution in [1.29, 1.82) is 0 Å². The summed E-state index contributed by atoms with van der Waals surface area (Å²) in [6, 6.07) is 15.1. The Balaban J connectivity index is 1.59. The van der Waals surface area contributed by atoms with E-state index in [0.29, 0.717) is 34.4 Å². The third-order valence-corrected chi connectivity index (χ3v) is 4.52. The molecular weight excluding hydrogens is 357 g/mol. The smallest absolute Gasteiger partial charge is 0.254 e. The number of nitrogens with zero attached hydrogens (tertiary/aromatic N) is 2. The molecule has 25 heavy (non-hydrogen) atoms. The molecule has 0 saturated carbocycles. The lowest BCUT2D eigenvalue weighted by atomic mass is 10.1. The summed E-state index contributed by atoms with van der Waals surface area (Å²) < 4.78 is 0. The van der Waals surface area contributed by atoms with Crippen molar-refractivity contribution in [3.63, 3.8) is 0 Å². The van der Waals surface area contributed by atoms with Crippen LogP contribution >= 0.6 is 23.2 Å². The third-order valence-electron chi connectivity index (χ3n) is 3.66. The Hall–Kier alpha value is -2.43. The van der Waals surface area contributed by atoms with Gasteiger partial charge in [-0.1, -0.05) is 65.7 Å². The molecule has 1 heterocycles. The first kappa shape index (κ1) is 17.4. The van der Waals surface area contributed by atoms with Crippen LogP contribution in [0.1, 0.15) is 15.9 Å². The zero-order valence-corrected chi connectivity index (χ0v) is 14.8. The van der Waals surface area contributed by atoms with Gasteiger partial charge in [0.2, 0.25) is 0 Å². The fraction of sp³-hybridized carbons (Fsp3) is 0.105. The zero-order chi connectivity index (χ0) is 17.6. The molecule has 126 valence electrons. The highest BCUT2D eigenvalue weighted by molar-refractivity contribution is 6.42. The molecule has 1 N–H and O–H groups in total. The molecule has 0 radical (unpaired) electrons. The molecule has 0 bridgehead atoms. The highest BCUT2D eigenvalue weighted by Gasteiger charge is 2.09. The maximum absolute atomic E-state index is 12.2. The van der Waals surface area contributed by atoms with Crippen molar-refractivity contribution in [2.45, 2.75) is 6.42 Å². The summed E-state index contributed by atoms with van der Waals surface area (Å²) >= 11 is 12.1. The van der Waals surface area contributed by atoms with Gasteiger partial charge in [0, 0.05) is 24.5 Å². The highest BCUT2D eigenvalue weighted by atomic mass is 35.5. The van der Waals surface area contributed by atoms with Crippen LogP contribution < -0.4 is 5.32 Å². The lowest BCUT2D eigenvalue weighted by Gasteiger charge is -2.08. The van der Waals surface area contributed by atoms with Crippen molar-refractivity contribution in [1.82, 2.24) is 15.3 Å². The topological polar surface area (TPSA) is 54.9 Å². The van der Waals surface area contributed by atoms with Crippen molar-refractivity contribution >= 4 is 29.1 Å². The van der Waals surface area contributed by atoms with Gasteiger partial charge in [0.25, 0.3) is 5.91 Å². The molecule has 3 aromatic rings.